The first-order valence-electron chi connectivity index (χ1n) is 6.92. The van der Waals surface area contributed by atoms with Crippen LogP contribution in [-0.4, -0.2) is 12.1 Å². The van der Waals surface area contributed by atoms with Gasteiger partial charge < -0.3 is 5.32 Å². The van der Waals surface area contributed by atoms with Crippen LogP contribution in [0.25, 0.3) is 0 Å². The van der Waals surface area contributed by atoms with Gasteiger partial charge in [-0.2, -0.15) is 0 Å². The van der Waals surface area contributed by atoms with Gasteiger partial charge in [0.15, 0.2) is 0 Å². The molecule has 0 fully saturated rings. The van der Waals surface area contributed by atoms with E-state index in [2.05, 4.69) is 33.0 Å². The van der Waals surface area contributed by atoms with Gasteiger partial charge in [0.2, 0.25) is 0 Å². The summed E-state index contributed by atoms with van der Waals surface area (Å²) in [6.45, 7) is 9.03. The molecule has 0 aromatic rings. The highest BCUT2D eigenvalue weighted by Crippen LogP contribution is 2.09. The molecule has 0 radical (unpaired) electrons. The topological polar surface area (TPSA) is 12.0 Å². The summed E-state index contributed by atoms with van der Waals surface area (Å²) >= 11 is 0. The maximum atomic E-state index is 3.55. The SMILES string of the molecule is CCCCCCCCCC(C)NC(C)C. The van der Waals surface area contributed by atoms with Gasteiger partial charge in [0.1, 0.15) is 0 Å². The number of hydrogen-bond donors (Lipinski definition) is 1. The van der Waals surface area contributed by atoms with Gasteiger partial charge in [-0.25, -0.2) is 0 Å². The van der Waals surface area contributed by atoms with E-state index in [1.54, 1.807) is 0 Å². The van der Waals surface area contributed by atoms with Gasteiger partial charge >= 0.3 is 0 Å². The van der Waals surface area contributed by atoms with Gasteiger partial charge in [0, 0.05) is 12.1 Å². The molecule has 0 amide bonds. The van der Waals surface area contributed by atoms with Crippen molar-refractivity contribution in [2.75, 3.05) is 0 Å². The van der Waals surface area contributed by atoms with Crippen molar-refractivity contribution in [1.29, 1.82) is 0 Å². The summed E-state index contributed by atoms with van der Waals surface area (Å²) in [7, 11) is 0. The van der Waals surface area contributed by atoms with E-state index in [9.17, 15) is 0 Å². The molecular formula is C14H31N. The third-order valence-corrected chi connectivity index (χ3v) is 2.86. The largest absolute Gasteiger partial charge is 0.312 e. The zero-order chi connectivity index (χ0) is 11.5. The molecule has 0 heterocycles. The van der Waals surface area contributed by atoms with Gasteiger partial charge in [-0.1, -0.05) is 65.7 Å². The van der Waals surface area contributed by atoms with Crippen LogP contribution >= 0.6 is 0 Å². The van der Waals surface area contributed by atoms with Gasteiger partial charge in [0.25, 0.3) is 0 Å². The molecule has 1 nitrogen and oxygen atoms in total. The van der Waals surface area contributed by atoms with Gasteiger partial charge in [-0.15, -0.1) is 0 Å². The Balaban J connectivity index is 3.09. The highest BCUT2D eigenvalue weighted by molar-refractivity contribution is 4.63. The van der Waals surface area contributed by atoms with Crippen molar-refractivity contribution in [3.8, 4) is 0 Å². The third-order valence-electron chi connectivity index (χ3n) is 2.86. The van der Waals surface area contributed by atoms with E-state index in [1.165, 1.54) is 51.4 Å². The maximum absolute atomic E-state index is 3.55. The molecule has 0 aliphatic rings. The van der Waals surface area contributed by atoms with Crippen LogP contribution in [0.1, 0.15) is 79.1 Å². The number of unbranched alkanes of at least 4 members (excludes halogenated alkanes) is 6. The minimum Gasteiger partial charge on any atom is -0.312 e. The molecule has 0 aromatic carbocycles. The fraction of sp³-hybridized carbons (Fsp3) is 1.00. The number of nitrogens with one attached hydrogen (secondary N) is 1. The summed E-state index contributed by atoms with van der Waals surface area (Å²) in [6, 6.07) is 1.32. The Morgan fingerprint density at radius 1 is 0.800 bits per heavy atom. The minimum absolute atomic E-state index is 0.629. The van der Waals surface area contributed by atoms with E-state index >= 15 is 0 Å². The standard InChI is InChI=1S/C14H31N/c1-5-6-7-8-9-10-11-12-14(4)15-13(2)3/h13-15H,5-12H2,1-4H3. The Kier molecular flexibility index (Phi) is 10.4. The van der Waals surface area contributed by atoms with E-state index in [4.69, 9.17) is 0 Å². The highest BCUT2D eigenvalue weighted by Gasteiger charge is 2.02. The number of rotatable bonds is 10. The first kappa shape index (κ1) is 15.0. The van der Waals surface area contributed by atoms with Crippen LogP contribution in [-0.2, 0) is 0 Å². The second kappa shape index (κ2) is 10.5. The Morgan fingerprint density at radius 3 is 1.87 bits per heavy atom. The summed E-state index contributed by atoms with van der Waals surface area (Å²) in [5.74, 6) is 0. The van der Waals surface area contributed by atoms with Crippen LogP contribution in [0.4, 0.5) is 0 Å². The molecule has 92 valence electrons. The Morgan fingerprint density at radius 2 is 1.33 bits per heavy atom. The van der Waals surface area contributed by atoms with Crippen molar-refractivity contribution in [1.82, 2.24) is 5.32 Å². The summed E-state index contributed by atoms with van der Waals surface area (Å²) < 4.78 is 0. The van der Waals surface area contributed by atoms with Crippen molar-refractivity contribution >= 4 is 0 Å². The molecule has 0 saturated heterocycles. The second-order valence-electron chi connectivity index (χ2n) is 5.13. The lowest BCUT2D eigenvalue weighted by molar-refractivity contribution is 0.443. The first-order chi connectivity index (χ1) is 7.16. The number of hydrogen-bond acceptors (Lipinski definition) is 1. The molecule has 0 rings (SSSR count). The van der Waals surface area contributed by atoms with E-state index in [-0.39, 0.29) is 0 Å². The van der Waals surface area contributed by atoms with Crippen LogP contribution in [0.15, 0.2) is 0 Å². The predicted molar refractivity (Wildman–Crippen MR) is 70.3 cm³/mol. The molecule has 0 bridgehead atoms. The smallest absolute Gasteiger partial charge is 0.00410 e. The minimum atomic E-state index is 0.629. The normalized spacial score (nSPS) is 13.4. The fourth-order valence-corrected chi connectivity index (χ4v) is 2.06. The van der Waals surface area contributed by atoms with E-state index in [0.29, 0.717) is 12.1 Å². The van der Waals surface area contributed by atoms with Crippen molar-refractivity contribution in [3.05, 3.63) is 0 Å². The Labute approximate surface area is 97.0 Å². The zero-order valence-corrected chi connectivity index (χ0v) is 11.3. The van der Waals surface area contributed by atoms with Gasteiger partial charge in [0.05, 0.1) is 0 Å². The lowest BCUT2D eigenvalue weighted by Gasteiger charge is -2.16. The molecule has 0 saturated carbocycles. The molecule has 1 heteroatoms. The van der Waals surface area contributed by atoms with Crippen molar-refractivity contribution in [2.24, 2.45) is 0 Å². The Bertz CT molecular complexity index is 121. The molecule has 1 N–H and O–H groups in total. The van der Waals surface area contributed by atoms with Crippen LogP contribution in [0, 0.1) is 0 Å². The van der Waals surface area contributed by atoms with Crippen LogP contribution in [0.2, 0.25) is 0 Å². The fourth-order valence-electron chi connectivity index (χ4n) is 2.06. The lowest BCUT2D eigenvalue weighted by atomic mass is 10.1. The third kappa shape index (κ3) is 11.9. The van der Waals surface area contributed by atoms with E-state index in [0.717, 1.165) is 0 Å². The molecular weight excluding hydrogens is 182 g/mol. The van der Waals surface area contributed by atoms with Crippen molar-refractivity contribution < 1.29 is 0 Å². The molecule has 15 heavy (non-hydrogen) atoms. The maximum Gasteiger partial charge on any atom is 0.00410 e. The monoisotopic (exact) mass is 213 g/mol. The van der Waals surface area contributed by atoms with E-state index in [1.807, 2.05) is 0 Å². The molecule has 1 atom stereocenters. The quantitative estimate of drug-likeness (QED) is 0.526. The summed E-state index contributed by atoms with van der Waals surface area (Å²) in [4.78, 5) is 0. The average Bonchev–Trinajstić information content (AvgIpc) is 2.15. The van der Waals surface area contributed by atoms with Crippen LogP contribution < -0.4 is 5.32 Å². The molecule has 0 aromatic heterocycles. The summed E-state index contributed by atoms with van der Waals surface area (Å²) in [5.41, 5.74) is 0. The second-order valence-corrected chi connectivity index (χ2v) is 5.13. The van der Waals surface area contributed by atoms with Crippen LogP contribution in [0.3, 0.4) is 0 Å². The van der Waals surface area contributed by atoms with Crippen LogP contribution in [0.5, 0.6) is 0 Å². The molecule has 0 aliphatic heterocycles. The summed E-state index contributed by atoms with van der Waals surface area (Å²) in [5, 5.41) is 3.55. The lowest BCUT2D eigenvalue weighted by Crippen LogP contribution is -2.32. The van der Waals surface area contributed by atoms with Gasteiger partial charge in [-0.05, 0) is 13.3 Å². The average molecular weight is 213 g/mol. The van der Waals surface area contributed by atoms with Crippen molar-refractivity contribution in [3.63, 3.8) is 0 Å². The first-order valence-corrected chi connectivity index (χ1v) is 6.92. The predicted octanol–water partition coefficient (Wildman–Crippen LogP) is 4.51. The van der Waals surface area contributed by atoms with E-state index < -0.39 is 0 Å². The van der Waals surface area contributed by atoms with Crippen molar-refractivity contribution in [2.45, 2.75) is 91.1 Å². The highest BCUT2D eigenvalue weighted by atomic mass is 14.9. The summed E-state index contributed by atoms with van der Waals surface area (Å²) in [6.07, 6.45) is 11.3. The molecule has 0 spiro atoms. The Hall–Kier alpha value is -0.0400. The van der Waals surface area contributed by atoms with Gasteiger partial charge in [-0.3, -0.25) is 0 Å². The molecule has 1 unspecified atom stereocenters. The molecule has 0 aliphatic carbocycles. The zero-order valence-electron chi connectivity index (χ0n) is 11.3.